The van der Waals surface area contributed by atoms with E-state index in [9.17, 15) is 0 Å². The van der Waals surface area contributed by atoms with Crippen LogP contribution < -0.4 is 5.32 Å². The lowest BCUT2D eigenvalue weighted by Crippen LogP contribution is -2.48. The number of thiophene rings is 1. The molecule has 0 aliphatic carbocycles. The molecule has 4 heteroatoms. The lowest BCUT2D eigenvalue weighted by Gasteiger charge is -2.35. The molecular formula is C12H19NO2S. The fourth-order valence-electron chi connectivity index (χ4n) is 1.63. The van der Waals surface area contributed by atoms with Crippen LogP contribution in [-0.4, -0.2) is 25.0 Å². The second-order valence-corrected chi connectivity index (χ2v) is 5.63. The second kappa shape index (κ2) is 4.84. The van der Waals surface area contributed by atoms with Crippen LogP contribution in [0.5, 0.6) is 0 Å². The van der Waals surface area contributed by atoms with Crippen molar-refractivity contribution in [3.05, 3.63) is 21.9 Å². The summed E-state index contributed by atoms with van der Waals surface area (Å²) >= 11 is 1.79. The smallest absolute Gasteiger partial charge is 0.162 e. The highest BCUT2D eigenvalue weighted by molar-refractivity contribution is 7.10. The van der Waals surface area contributed by atoms with Gasteiger partial charge >= 0.3 is 0 Å². The van der Waals surface area contributed by atoms with E-state index < -0.39 is 5.79 Å². The maximum atomic E-state index is 5.60. The average Bonchev–Trinajstić information content (AvgIpc) is 2.63. The quantitative estimate of drug-likeness (QED) is 0.881. The summed E-state index contributed by atoms with van der Waals surface area (Å²) in [7, 11) is 0. The minimum atomic E-state index is -0.420. The Bertz CT molecular complexity index is 339. The summed E-state index contributed by atoms with van der Waals surface area (Å²) in [5, 5.41) is 5.59. The first kappa shape index (κ1) is 12.0. The van der Waals surface area contributed by atoms with Crippen LogP contribution in [0.25, 0.3) is 0 Å². The first-order valence-corrected chi connectivity index (χ1v) is 6.49. The van der Waals surface area contributed by atoms with Gasteiger partial charge in [0.15, 0.2) is 5.79 Å². The van der Waals surface area contributed by atoms with E-state index in [4.69, 9.17) is 9.47 Å². The van der Waals surface area contributed by atoms with E-state index in [1.807, 2.05) is 13.8 Å². The second-order valence-electron chi connectivity index (χ2n) is 4.63. The van der Waals surface area contributed by atoms with Gasteiger partial charge in [-0.25, -0.2) is 0 Å². The Morgan fingerprint density at radius 3 is 2.69 bits per heavy atom. The van der Waals surface area contributed by atoms with Crippen LogP contribution in [0.15, 0.2) is 11.4 Å². The maximum absolute atomic E-state index is 5.60. The molecular weight excluding hydrogens is 222 g/mol. The number of nitrogens with one attached hydrogen (secondary N) is 1. The Morgan fingerprint density at radius 1 is 1.44 bits per heavy atom. The molecule has 16 heavy (non-hydrogen) atoms. The van der Waals surface area contributed by atoms with Crippen molar-refractivity contribution in [2.24, 2.45) is 0 Å². The van der Waals surface area contributed by atoms with E-state index in [0.29, 0.717) is 6.04 Å². The van der Waals surface area contributed by atoms with Gasteiger partial charge in [-0.3, -0.25) is 0 Å². The molecule has 2 heterocycles. The monoisotopic (exact) mass is 241 g/mol. The van der Waals surface area contributed by atoms with Crippen molar-refractivity contribution < 1.29 is 9.47 Å². The molecule has 90 valence electrons. The molecule has 1 aromatic rings. The maximum Gasteiger partial charge on any atom is 0.162 e. The van der Waals surface area contributed by atoms with Gasteiger partial charge in [0.25, 0.3) is 0 Å². The first-order valence-electron chi connectivity index (χ1n) is 5.61. The minimum absolute atomic E-state index is 0.300. The van der Waals surface area contributed by atoms with Crippen molar-refractivity contribution in [3.8, 4) is 0 Å². The Kier molecular flexibility index (Phi) is 3.64. The van der Waals surface area contributed by atoms with Gasteiger partial charge in [0.2, 0.25) is 0 Å². The summed E-state index contributed by atoms with van der Waals surface area (Å²) < 4.78 is 11.2. The summed E-state index contributed by atoms with van der Waals surface area (Å²) in [5.74, 6) is -0.420. The molecule has 1 aromatic heterocycles. The van der Waals surface area contributed by atoms with Gasteiger partial charge in [-0.2, -0.15) is 0 Å². The summed E-state index contributed by atoms with van der Waals surface area (Å²) in [4.78, 5) is 1.39. The van der Waals surface area contributed by atoms with Crippen molar-refractivity contribution >= 4 is 11.3 Å². The van der Waals surface area contributed by atoms with Gasteiger partial charge in [-0.05, 0) is 37.8 Å². The zero-order valence-corrected chi connectivity index (χ0v) is 10.9. The van der Waals surface area contributed by atoms with Crippen LogP contribution in [0.2, 0.25) is 0 Å². The topological polar surface area (TPSA) is 30.5 Å². The van der Waals surface area contributed by atoms with Crippen molar-refractivity contribution in [1.82, 2.24) is 5.32 Å². The van der Waals surface area contributed by atoms with E-state index in [1.165, 1.54) is 10.4 Å². The van der Waals surface area contributed by atoms with Crippen LogP contribution in [-0.2, 0) is 16.0 Å². The first-order chi connectivity index (χ1) is 7.57. The Morgan fingerprint density at radius 2 is 2.12 bits per heavy atom. The molecule has 0 saturated carbocycles. The highest BCUT2D eigenvalue weighted by Crippen LogP contribution is 2.18. The Hall–Kier alpha value is -0.420. The third-order valence-electron chi connectivity index (χ3n) is 2.78. The fourth-order valence-corrected chi connectivity index (χ4v) is 2.49. The summed E-state index contributed by atoms with van der Waals surface area (Å²) in [6.07, 6.45) is 0. The SMILES string of the molecule is Cc1ccsc1CNC1COC(C)(C)OC1. The zero-order chi connectivity index (χ0) is 11.6. The Balaban J connectivity index is 1.78. The molecule has 0 unspecified atom stereocenters. The van der Waals surface area contributed by atoms with Crippen LogP contribution in [0.4, 0.5) is 0 Å². The molecule has 0 aromatic carbocycles. The van der Waals surface area contributed by atoms with Crippen LogP contribution in [0, 0.1) is 6.92 Å². The standard InChI is InChI=1S/C12H19NO2S/c1-9-4-5-16-11(9)6-13-10-7-14-12(2,3)15-8-10/h4-5,10,13H,6-8H2,1-3H3. The number of aryl methyl sites for hydroxylation is 1. The number of rotatable bonds is 3. The summed E-state index contributed by atoms with van der Waals surface area (Å²) in [6.45, 7) is 8.39. The molecule has 0 amide bonds. The highest BCUT2D eigenvalue weighted by atomic mass is 32.1. The van der Waals surface area contributed by atoms with Gasteiger partial charge in [0.1, 0.15) is 0 Å². The third kappa shape index (κ3) is 3.04. The lowest BCUT2D eigenvalue weighted by molar-refractivity contribution is -0.253. The van der Waals surface area contributed by atoms with Crippen LogP contribution >= 0.6 is 11.3 Å². The van der Waals surface area contributed by atoms with Gasteiger partial charge in [0.05, 0.1) is 19.3 Å². The van der Waals surface area contributed by atoms with Crippen LogP contribution in [0.1, 0.15) is 24.3 Å². The highest BCUT2D eigenvalue weighted by Gasteiger charge is 2.27. The molecule has 2 rings (SSSR count). The molecule has 1 saturated heterocycles. The number of hydrogen-bond donors (Lipinski definition) is 1. The molecule has 0 spiro atoms. The van der Waals surface area contributed by atoms with Gasteiger partial charge in [-0.1, -0.05) is 0 Å². The lowest BCUT2D eigenvalue weighted by atomic mass is 10.2. The largest absolute Gasteiger partial charge is 0.349 e. The van der Waals surface area contributed by atoms with Crippen molar-refractivity contribution in [2.75, 3.05) is 13.2 Å². The molecule has 0 bridgehead atoms. The van der Waals surface area contributed by atoms with E-state index >= 15 is 0 Å². The van der Waals surface area contributed by atoms with E-state index in [0.717, 1.165) is 19.8 Å². The average molecular weight is 241 g/mol. The fraction of sp³-hybridized carbons (Fsp3) is 0.667. The predicted molar refractivity (Wildman–Crippen MR) is 65.7 cm³/mol. The normalized spacial score (nSPS) is 21.2. The third-order valence-corrected chi connectivity index (χ3v) is 3.81. The van der Waals surface area contributed by atoms with E-state index in [-0.39, 0.29) is 0 Å². The summed E-state index contributed by atoms with van der Waals surface area (Å²) in [5.41, 5.74) is 1.36. The molecule has 1 aliphatic heterocycles. The number of ether oxygens (including phenoxy) is 2. The zero-order valence-electron chi connectivity index (χ0n) is 10.1. The Labute approximate surface area is 101 Å². The van der Waals surface area contributed by atoms with Crippen LogP contribution in [0.3, 0.4) is 0 Å². The van der Waals surface area contributed by atoms with Gasteiger partial charge < -0.3 is 14.8 Å². The van der Waals surface area contributed by atoms with Crippen molar-refractivity contribution in [1.29, 1.82) is 0 Å². The van der Waals surface area contributed by atoms with E-state index in [1.54, 1.807) is 11.3 Å². The summed E-state index contributed by atoms with van der Waals surface area (Å²) in [6, 6.07) is 2.45. The van der Waals surface area contributed by atoms with Gasteiger partial charge in [-0.15, -0.1) is 11.3 Å². The van der Waals surface area contributed by atoms with Crippen molar-refractivity contribution in [2.45, 2.75) is 39.1 Å². The predicted octanol–water partition coefficient (Wildman–Crippen LogP) is 2.30. The molecule has 1 fully saturated rings. The molecule has 0 atom stereocenters. The van der Waals surface area contributed by atoms with Gasteiger partial charge in [0, 0.05) is 11.4 Å². The molecule has 0 radical (unpaired) electrons. The van der Waals surface area contributed by atoms with Crippen molar-refractivity contribution in [3.63, 3.8) is 0 Å². The minimum Gasteiger partial charge on any atom is -0.349 e. The molecule has 3 nitrogen and oxygen atoms in total. The van der Waals surface area contributed by atoms with E-state index in [2.05, 4.69) is 23.7 Å². The molecule has 1 aliphatic rings. The number of hydrogen-bond acceptors (Lipinski definition) is 4. The molecule has 1 N–H and O–H groups in total.